The minimum Gasteiger partial charge on any atom is -0.327 e. The molecule has 0 fully saturated rings. The first kappa shape index (κ1) is 11.9. The molecule has 0 saturated heterocycles. The van der Waals surface area contributed by atoms with Crippen LogP contribution in [0.5, 0.6) is 0 Å². The Hall–Kier alpha value is -1.61. The number of H-pyrrole nitrogens is 1. The second-order valence-electron chi connectivity index (χ2n) is 3.25. The number of halogens is 3. The average molecular weight is 266 g/mol. The molecule has 0 aliphatic rings. The summed E-state index contributed by atoms with van der Waals surface area (Å²) in [5.41, 5.74) is -1.04. The number of hydrogen-bond donors (Lipinski definition) is 2. The van der Waals surface area contributed by atoms with E-state index in [1.807, 2.05) is 0 Å². The lowest BCUT2D eigenvalue weighted by molar-refractivity contribution is -0.137. The van der Waals surface area contributed by atoms with Gasteiger partial charge in [-0.1, -0.05) is 0 Å². The average Bonchev–Trinajstić information content (AvgIpc) is 2.57. The van der Waals surface area contributed by atoms with E-state index < -0.39 is 27.0 Å². The highest BCUT2D eigenvalue weighted by Gasteiger charge is 2.31. The molecule has 0 saturated carbocycles. The van der Waals surface area contributed by atoms with Gasteiger partial charge >= 0.3 is 16.3 Å². The molecule has 0 unspecified atom stereocenters. The van der Waals surface area contributed by atoms with Gasteiger partial charge in [0.2, 0.25) is 0 Å². The van der Waals surface area contributed by atoms with Gasteiger partial charge in [0.15, 0.2) is 0 Å². The standard InChI is InChI=1S/C8H5F3N2O3S/c9-8(10,11)4-1-2-5-6(3-4)13-7(12-5)17(14,15)16/h1-3H,(H,12,13)(H,14,15,16). The van der Waals surface area contributed by atoms with E-state index in [1.165, 1.54) is 0 Å². The number of benzene rings is 1. The summed E-state index contributed by atoms with van der Waals surface area (Å²) in [5.74, 6) is 0. The van der Waals surface area contributed by atoms with E-state index in [-0.39, 0.29) is 11.0 Å². The molecular formula is C8H5F3N2O3S. The maximum Gasteiger partial charge on any atom is 0.416 e. The van der Waals surface area contributed by atoms with Gasteiger partial charge in [0.25, 0.3) is 5.16 Å². The van der Waals surface area contributed by atoms with Crippen molar-refractivity contribution in [3.05, 3.63) is 23.8 Å². The van der Waals surface area contributed by atoms with Crippen LogP contribution in [-0.4, -0.2) is 22.9 Å². The molecule has 1 heterocycles. The summed E-state index contributed by atoms with van der Waals surface area (Å²) in [4.78, 5) is 5.56. The van der Waals surface area contributed by atoms with Crippen LogP contribution in [0.25, 0.3) is 11.0 Å². The van der Waals surface area contributed by atoms with Crippen molar-refractivity contribution in [1.82, 2.24) is 9.97 Å². The summed E-state index contributed by atoms with van der Waals surface area (Å²) >= 11 is 0. The molecule has 2 aromatic rings. The molecule has 0 bridgehead atoms. The summed E-state index contributed by atoms with van der Waals surface area (Å²) in [6.07, 6.45) is -4.54. The van der Waals surface area contributed by atoms with E-state index in [1.54, 1.807) is 0 Å². The van der Waals surface area contributed by atoms with E-state index in [9.17, 15) is 21.6 Å². The molecule has 0 radical (unpaired) electrons. The van der Waals surface area contributed by atoms with Crippen molar-refractivity contribution in [2.75, 3.05) is 0 Å². The van der Waals surface area contributed by atoms with Crippen LogP contribution in [0.2, 0.25) is 0 Å². The Balaban J connectivity index is 2.64. The van der Waals surface area contributed by atoms with Crippen molar-refractivity contribution < 1.29 is 26.1 Å². The summed E-state index contributed by atoms with van der Waals surface area (Å²) in [6, 6.07) is 2.52. The third kappa shape index (κ3) is 2.24. The molecule has 17 heavy (non-hydrogen) atoms. The number of nitrogens with one attached hydrogen (secondary N) is 1. The fourth-order valence-corrected chi connectivity index (χ4v) is 1.73. The molecule has 0 amide bonds. The van der Waals surface area contributed by atoms with Crippen LogP contribution < -0.4 is 0 Å². The van der Waals surface area contributed by atoms with Crippen molar-refractivity contribution >= 4 is 21.2 Å². The Morgan fingerprint density at radius 1 is 1.29 bits per heavy atom. The van der Waals surface area contributed by atoms with E-state index in [4.69, 9.17) is 4.55 Å². The van der Waals surface area contributed by atoms with Gasteiger partial charge < -0.3 is 4.98 Å². The highest BCUT2D eigenvalue weighted by Crippen LogP contribution is 2.31. The Bertz CT molecular complexity index is 675. The van der Waals surface area contributed by atoms with E-state index in [2.05, 4.69) is 9.97 Å². The van der Waals surface area contributed by atoms with E-state index in [0.717, 1.165) is 12.1 Å². The quantitative estimate of drug-likeness (QED) is 0.771. The summed E-state index contributed by atoms with van der Waals surface area (Å²) in [7, 11) is -4.56. The smallest absolute Gasteiger partial charge is 0.327 e. The molecule has 0 spiro atoms. The molecule has 0 aliphatic carbocycles. The van der Waals surface area contributed by atoms with Gasteiger partial charge in [0.1, 0.15) is 0 Å². The monoisotopic (exact) mass is 266 g/mol. The van der Waals surface area contributed by atoms with E-state index >= 15 is 0 Å². The molecule has 0 atom stereocenters. The molecular weight excluding hydrogens is 261 g/mol. The van der Waals surface area contributed by atoms with Gasteiger partial charge in [-0.15, -0.1) is 0 Å². The van der Waals surface area contributed by atoms with Crippen LogP contribution >= 0.6 is 0 Å². The Morgan fingerprint density at radius 2 is 1.94 bits per heavy atom. The Morgan fingerprint density at radius 3 is 2.47 bits per heavy atom. The van der Waals surface area contributed by atoms with Gasteiger partial charge in [-0.25, -0.2) is 4.98 Å². The number of aromatic amines is 1. The lowest BCUT2D eigenvalue weighted by Gasteiger charge is -2.04. The normalized spacial score (nSPS) is 13.2. The van der Waals surface area contributed by atoms with E-state index in [0.29, 0.717) is 6.07 Å². The second kappa shape index (κ2) is 3.44. The number of hydrogen-bond acceptors (Lipinski definition) is 3. The first-order valence-corrected chi connectivity index (χ1v) is 5.66. The zero-order valence-corrected chi connectivity index (χ0v) is 8.80. The molecule has 5 nitrogen and oxygen atoms in total. The molecule has 1 aromatic carbocycles. The topological polar surface area (TPSA) is 83.1 Å². The molecule has 9 heteroatoms. The number of alkyl halides is 3. The van der Waals surface area contributed by atoms with Gasteiger partial charge in [-0.05, 0) is 18.2 Å². The summed E-state index contributed by atoms with van der Waals surface area (Å²) in [6.45, 7) is 0. The Kier molecular flexibility index (Phi) is 2.40. The lowest BCUT2D eigenvalue weighted by Crippen LogP contribution is -2.04. The van der Waals surface area contributed by atoms with Crippen molar-refractivity contribution in [2.24, 2.45) is 0 Å². The fraction of sp³-hybridized carbons (Fsp3) is 0.125. The molecule has 0 aliphatic heterocycles. The van der Waals surface area contributed by atoms with Crippen molar-refractivity contribution in [3.8, 4) is 0 Å². The van der Waals surface area contributed by atoms with Gasteiger partial charge in [-0.2, -0.15) is 21.6 Å². The van der Waals surface area contributed by atoms with Crippen LogP contribution in [0, 0.1) is 0 Å². The molecule has 92 valence electrons. The Labute approximate surface area is 93.0 Å². The van der Waals surface area contributed by atoms with Gasteiger partial charge in [0, 0.05) is 0 Å². The number of rotatable bonds is 1. The first-order chi connectivity index (χ1) is 7.68. The highest BCUT2D eigenvalue weighted by atomic mass is 32.2. The third-order valence-corrected chi connectivity index (χ3v) is 2.72. The van der Waals surface area contributed by atoms with Crippen molar-refractivity contribution in [3.63, 3.8) is 0 Å². The zero-order chi connectivity index (χ0) is 12.8. The minimum absolute atomic E-state index is 0.0885. The SMILES string of the molecule is O=S(=O)(O)c1nc2cc(C(F)(F)F)ccc2[nH]1. The van der Waals surface area contributed by atoms with Crippen molar-refractivity contribution in [2.45, 2.75) is 11.3 Å². The predicted octanol–water partition coefficient (Wildman–Crippen LogP) is 1.83. The third-order valence-electron chi connectivity index (χ3n) is 2.03. The minimum atomic E-state index is -4.56. The van der Waals surface area contributed by atoms with Crippen LogP contribution in [0.3, 0.4) is 0 Å². The molecule has 2 rings (SSSR count). The number of nitrogens with zero attached hydrogens (tertiary/aromatic N) is 1. The second-order valence-corrected chi connectivity index (χ2v) is 4.58. The van der Waals surface area contributed by atoms with Crippen LogP contribution in [0.4, 0.5) is 13.2 Å². The lowest BCUT2D eigenvalue weighted by atomic mass is 10.2. The van der Waals surface area contributed by atoms with Crippen LogP contribution in [-0.2, 0) is 16.3 Å². The predicted molar refractivity (Wildman–Crippen MR) is 50.9 cm³/mol. The first-order valence-electron chi connectivity index (χ1n) is 4.22. The fourth-order valence-electron chi connectivity index (χ4n) is 1.28. The van der Waals surface area contributed by atoms with Gasteiger partial charge in [0.05, 0.1) is 16.6 Å². The van der Waals surface area contributed by atoms with Crippen LogP contribution in [0.1, 0.15) is 5.56 Å². The molecule has 1 aromatic heterocycles. The number of imidazole rings is 1. The maximum atomic E-state index is 12.4. The zero-order valence-electron chi connectivity index (χ0n) is 7.99. The highest BCUT2D eigenvalue weighted by molar-refractivity contribution is 7.85. The molecule has 2 N–H and O–H groups in total. The maximum absolute atomic E-state index is 12.4. The van der Waals surface area contributed by atoms with Crippen LogP contribution in [0.15, 0.2) is 23.4 Å². The van der Waals surface area contributed by atoms with Gasteiger partial charge in [-0.3, -0.25) is 4.55 Å². The summed E-state index contributed by atoms with van der Waals surface area (Å²) < 4.78 is 67.2. The van der Waals surface area contributed by atoms with Crippen molar-refractivity contribution in [1.29, 1.82) is 0 Å². The summed E-state index contributed by atoms with van der Waals surface area (Å²) in [5, 5.41) is -0.785. The number of fused-ring (bicyclic) bond motifs is 1. The largest absolute Gasteiger partial charge is 0.416 e. The number of aromatic nitrogens is 2.